The van der Waals surface area contributed by atoms with Crippen molar-refractivity contribution in [3.05, 3.63) is 53.0 Å². The molecular formula is C27H39F3N4O2. The van der Waals surface area contributed by atoms with Gasteiger partial charge in [0.2, 0.25) is 11.7 Å². The van der Waals surface area contributed by atoms with Crippen LogP contribution in [0.25, 0.3) is 11.4 Å². The Kier molecular flexibility index (Phi) is 13.0. The summed E-state index contributed by atoms with van der Waals surface area (Å²) in [5, 5.41) is 10.2. The number of allylic oxidation sites excluding steroid dienone is 3. The highest BCUT2D eigenvalue weighted by molar-refractivity contribution is 5.73. The molecule has 0 saturated carbocycles. The van der Waals surface area contributed by atoms with Crippen molar-refractivity contribution < 1.29 is 22.4 Å². The third-order valence-electron chi connectivity index (χ3n) is 5.16. The summed E-state index contributed by atoms with van der Waals surface area (Å²) in [6, 6.07) is 3.87. The van der Waals surface area contributed by atoms with Crippen LogP contribution < -0.4 is 10.5 Å². The largest absolute Gasteiger partial charge is 0.489 e. The highest BCUT2D eigenvalue weighted by Gasteiger charge is 2.35. The van der Waals surface area contributed by atoms with Crippen molar-refractivity contribution in [1.29, 1.82) is 5.41 Å². The minimum atomic E-state index is -4.56. The number of alkyl halides is 3. The normalized spacial score (nSPS) is 12.4. The number of nitrogens with two attached hydrogens (primary N) is 1. The fraction of sp³-hybridized carbons (Fsp3) is 0.519. The monoisotopic (exact) mass is 508 g/mol. The Balaban J connectivity index is 0.00000150. The molecule has 3 N–H and O–H groups in total. The molecule has 0 bridgehead atoms. The maximum Gasteiger partial charge on any atom is 0.419 e. The summed E-state index contributed by atoms with van der Waals surface area (Å²) >= 11 is 0. The number of hydrogen-bond acceptors (Lipinski definition) is 5. The molecule has 2 aromatic rings. The maximum atomic E-state index is 13.7. The summed E-state index contributed by atoms with van der Waals surface area (Å²) in [7, 11) is 0. The van der Waals surface area contributed by atoms with Gasteiger partial charge in [-0.2, -0.15) is 18.2 Å². The third kappa shape index (κ3) is 11.6. The van der Waals surface area contributed by atoms with Crippen LogP contribution in [0.15, 0.2) is 46.0 Å². The number of benzene rings is 1. The van der Waals surface area contributed by atoms with Crippen LogP contribution in [-0.4, -0.2) is 22.6 Å². The van der Waals surface area contributed by atoms with Crippen LogP contribution in [0, 0.1) is 5.41 Å². The Morgan fingerprint density at radius 1 is 1.19 bits per heavy atom. The zero-order valence-electron chi connectivity index (χ0n) is 22.1. The first kappa shape index (κ1) is 30.9. The van der Waals surface area contributed by atoms with Crippen LogP contribution in [0.5, 0.6) is 5.75 Å². The molecule has 1 aromatic carbocycles. The van der Waals surface area contributed by atoms with Gasteiger partial charge in [0.1, 0.15) is 12.4 Å². The molecule has 0 aliphatic rings. The van der Waals surface area contributed by atoms with Crippen molar-refractivity contribution in [3.63, 3.8) is 0 Å². The Morgan fingerprint density at radius 2 is 1.86 bits per heavy atom. The lowest BCUT2D eigenvalue weighted by Crippen LogP contribution is -2.09. The number of nitrogens with zero attached hydrogens (tertiary/aromatic N) is 2. The van der Waals surface area contributed by atoms with Crippen LogP contribution >= 0.6 is 0 Å². The lowest BCUT2D eigenvalue weighted by atomic mass is 10.0. The van der Waals surface area contributed by atoms with Crippen LogP contribution in [0.3, 0.4) is 0 Å². The van der Waals surface area contributed by atoms with E-state index in [4.69, 9.17) is 20.4 Å². The van der Waals surface area contributed by atoms with Gasteiger partial charge in [0.15, 0.2) is 0 Å². The fourth-order valence-corrected chi connectivity index (χ4v) is 3.17. The van der Waals surface area contributed by atoms with E-state index < -0.39 is 11.7 Å². The van der Waals surface area contributed by atoms with E-state index in [0.29, 0.717) is 5.89 Å². The summed E-state index contributed by atoms with van der Waals surface area (Å²) in [5.74, 6) is 0.605. The molecule has 0 fully saturated rings. The topological polar surface area (TPSA) is 98.0 Å². The predicted octanol–water partition coefficient (Wildman–Crippen LogP) is 8.06. The zero-order valence-corrected chi connectivity index (χ0v) is 22.1. The molecule has 0 radical (unpaired) electrons. The minimum absolute atomic E-state index is 0.0626. The van der Waals surface area contributed by atoms with Crippen LogP contribution in [0.1, 0.15) is 91.0 Å². The van der Waals surface area contributed by atoms with Gasteiger partial charge in [0, 0.05) is 11.5 Å². The summed E-state index contributed by atoms with van der Waals surface area (Å²) in [5.41, 5.74) is 6.41. The Labute approximate surface area is 212 Å². The first-order chi connectivity index (χ1) is 16.8. The fourth-order valence-electron chi connectivity index (χ4n) is 3.17. The molecule has 1 atom stereocenters. The average Bonchev–Trinajstić information content (AvgIpc) is 3.27. The molecule has 1 heterocycles. The van der Waals surface area contributed by atoms with Gasteiger partial charge in [-0.25, -0.2) is 0 Å². The van der Waals surface area contributed by atoms with Crippen LogP contribution in [0.4, 0.5) is 13.2 Å². The average molecular weight is 509 g/mol. The van der Waals surface area contributed by atoms with E-state index in [1.807, 2.05) is 33.8 Å². The van der Waals surface area contributed by atoms with E-state index in [1.165, 1.54) is 24.6 Å². The second-order valence-corrected chi connectivity index (χ2v) is 9.07. The van der Waals surface area contributed by atoms with Crippen LogP contribution in [0.2, 0.25) is 0 Å². The molecule has 0 amide bonds. The van der Waals surface area contributed by atoms with Gasteiger partial charge in [-0.3, -0.25) is 5.41 Å². The van der Waals surface area contributed by atoms with Crippen molar-refractivity contribution in [2.75, 3.05) is 6.61 Å². The lowest BCUT2D eigenvalue weighted by molar-refractivity contribution is -0.138. The lowest BCUT2D eigenvalue weighted by Gasteiger charge is -2.14. The maximum absolute atomic E-state index is 13.7. The van der Waals surface area contributed by atoms with Crippen molar-refractivity contribution in [1.82, 2.24) is 10.1 Å². The van der Waals surface area contributed by atoms with Crippen molar-refractivity contribution >= 4 is 5.84 Å². The predicted molar refractivity (Wildman–Crippen MR) is 138 cm³/mol. The first-order valence-electron chi connectivity index (χ1n) is 12.1. The molecule has 0 spiro atoms. The third-order valence-corrected chi connectivity index (χ3v) is 5.16. The molecule has 0 unspecified atom stereocenters. The number of nitrogens with one attached hydrogen (secondary N) is 1. The molecule has 9 heteroatoms. The Bertz CT molecular complexity index is 1020. The van der Waals surface area contributed by atoms with Gasteiger partial charge in [-0.05, 0) is 71.2 Å². The number of aromatic nitrogens is 2. The molecule has 6 nitrogen and oxygen atoms in total. The number of unbranched alkanes of at least 4 members (excludes halogenated alkanes) is 1. The van der Waals surface area contributed by atoms with Crippen molar-refractivity contribution in [2.45, 2.75) is 85.7 Å². The number of rotatable bonds is 11. The second-order valence-electron chi connectivity index (χ2n) is 9.07. The highest BCUT2D eigenvalue weighted by atomic mass is 19.4. The molecular weight excluding hydrogens is 469 g/mol. The molecule has 200 valence electrons. The van der Waals surface area contributed by atoms with Gasteiger partial charge in [0.25, 0.3) is 0 Å². The van der Waals surface area contributed by atoms with Gasteiger partial charge in [-0.1, -0.05) is 49.1 Å². The van der Waals surface area contributed by atoms with E-state index in [2.05, 4.69) is 23.1 Å². The van der Waals surface area contributed by atoms with Gasteiger partial charge in [0.05, 0.1) is 11.4 Å². The number of ether oxygens (including phenoxy) is 1. The minimum Gasteiger partial charge on any atom is -0.489 e. The SMILES string of the molecule is CC(=N)N.CCCC[C@H](C)c1nc(-c2ccc(OC/C=C(\C)CCC=C(C)C)c(C(F)(F)F)c2)no1. The van der Waals surface area contributed by atoms with E-state index in [1.54, 1.807) is 0 Å². The van der Waals surface area contributed by atoms with Gasteiger partial charge in [-0.15, -0.1) is 0 Å². The Hall–Kier alpha value is -3.10. The summed E-state index contributed by atoms with van der Waals surface area (Å²) in [6.07, 6.45) is 4.09. The molecule has 1 aromatic heterocycles. The number of amidine groups is 1. The highest BCUT2D eigenvalue weighted by Crippen LogP contribution is 2.38. The van der Waals surface area contributed by atoms with E-state index in [-0.39, 0.29) is 35.5 Å². The molecule has 0 saturated heterocycles. The smallest absolute Gasteiger partial charge is 0.419 e. The molecule has 2 rings (SSSR count). The van der Waals surface area contributed by atoms with Gasteiger partial charge >= 0.3 is 6.18 Å². The summed E-state index contributed by atoms with van der Waals surface area (Å²) in [6.45, 7) is 11.7. The number of halogens is 3. The standard InChI is InChI=1S/C25H33F3N2O2.C2H6N2/c1-6-7-11-19(5)24-29-23(30-32-24)20-12-13-22(21(16-20)25(26,27)28)31-15-14-18(4)10-8-9-17(2)3;1-2(3)4/h9,12-14,16,19H,6-8,10-11,15H2,1-5H3;1H3,(H3,3,4)/b18-14+;/t19-;/m0./s1. The molecule has 0 aliphatic heterocycles. The van der Waals surface area contributed by atoms with E-state index >= 15 is 0 Å². The van der Waals surface area contributed by atoms with Crippen LogP contribution in [-0.2, 0) is 6.18 Å². The van der Waals surface area contributed by atoms with E-state index in [0.717, 1.165) is 43.7 Å². The van der Waals surface area contributed by atoms with Crippen molar-refractivity contribution in [2.24, 2.45) is 5.73 Å². The quantitative estimate of drug-likeness (QED) is 0.182. The molecule has 0 aliphatic carbocycles. The summed E-state index contributed by atoms with van der Waals surface area (Å²) in [4.78, 5) is 4.31. The van der Waals surface area contributed by atoms with Crippen molar-refractivity contribution in [3.8, 4) is 17.1 Å². The summed E-state index contributed by atoms with van der Waals surface area (Å²) < 4.78 is 51.8. The Morgan fingerprint density at radius 3 is 2.44 bits per heavy atom. The zero-order chi connectivity index (χ0) is 27.3. The number of hydrogen-bond donors (Lipinski definition) is 2. The second kappa shape index (κ2) is 15.1. The van der Waals surface area contributed by atoms with E-state index in [9.17, 15) is 13.2 Å². The molecule has 36 heavy (non-hydrogen) atoms. The first-order valence-corrected chi connectivity index (χ1v) is 12.1. The van der Waals surface area contributed by atoms with Gasteiger partial charge < -0.3 is 15.0 Å².